The number of hydrogen-bond donors (Lipinski definition) is 1. The van der Waals surface area contributed by atoms with Crippen LogP contribution in [0.5, 0.6) is 0 Å². The molecule has 1 aromatic rings. The molecule has 2 aliphatic rings. The molecule has 1 aromatic carbocycles. The quantitative estimate of drug-likeness (QED) is 0.807. The zero-order chi connectivity index (χ0) is 17.3. The topological polar surface area (TPSA) is 55.6 Å². The fourth-order valence-electron chi connectivity index (χ4n) is 3.43. The molecule has 1 fully saturated rings. The van der Waals surface area contributed by atoms with E-state index in [1.807, 2.05) is 0 Å². The Kier molecular flexibility index (Phi) is 4.71. The molecule has 0 aromatic heterocycles. The van der Waals surface area contributed by atoms with E-state index in [-0.39, 0.29) is 12.0 Å². The number of alkyl halides is 3. The van der Waals surface area contributed by atoms with E-state index in [2.05, 4.69) is 4.90 Å². The number of halogens is 3. The predicted molar refractivity (Wildman–Crippen MR) is 83.4 cm³/mol. The molecule has 1 saturated carbocycles. The lowest BCUT2D eigenvalue weighted by Crippen LogP contribution is -2.38. The van der Waals surface area contributed by atoms with E-state index < -0.39 is 11.7 Å². The Morgan fingerprint density at radius 3 is 2.71 bits per heavy atom. The highest BCUT2D eigenvalue weighted by Crippen LogP contribution is 2.41. The molecule has 0 saturated heterocycles. The number of benzene rings is 1. The van der Waals surface area contributed by atoms with Gasteiger partial charge in [0.05, 0.1) is 12.2 Å². The van der Waals surface area contributed by atoms with Crippen LogP contribution in [0.15, 0.2) is 18.2 Å². The van der Waals surface area contributed by atoms with E-state index >= 15 is 0 Å². The van der Waals surface area contributed by atoms with Gasteiger partial charge in [0.15, 0.2) is 0 Å². The SMILES string of the molecule is NC1CCN(CC(COC=O)C2CC2)c2ccc(C(F)(F)F)cc21. The van der Waals surface area contributed by atoms with Crippen molar-refractivity contribution in [2.24, 2.45) is 17.6 Å². The molecule has 4 nitrogen and oxygen atoms in total. The fourth-order valence-corrected chi connectivity index (χ4v) is 3.43. The summed E-state index contributed by atoms with van der Waals surface area (Å²) < 4.78 is 43.8. The first kappa shape index (κ1) is 17.1. The second-order valence-corrected chi connectivity index (χ2v) is 6.64. The van der Waals surface area contributed by atoms with Crippen LogP contribution in [-0.2, 0) is 15.7 Å². The van der Waals surface area contributed by atoms with Gasteiger partial charge < -0.3 is 15.4 Å². The summed E-state index contributed by atoms with van der Waals surface area (Å²) in [5, 5.41) is 0. The first-order valence-electron chi connectivity index (χ1n) is 8.17. The van der Waals surface area contributed by atoms with Crippen LogP contribution in [0.4, 0.5) is 18.9 Å². The molecule has 3 rings (SSSR count). The second kappa shape index (κ2) is 6.63. The van der Waals surface area contributed by atoms with Gasteiger partial charge >= 0.3 is 6.18 Å². The van der Waals surface area contributed by atoms with E-state index in [1.54, 1.807) is 0 Å². The van der Waals surface area contributed by atoms with Crippen molar-refractivity contribution in [3.05, 3.63) is 29.3 Å². The van der Waals surface area contributed by atoms with E-state index in [0.717, 1.165) is 24.6 Å². The molecule has 0 spiro atoms. The highest BCUT2D eigenvalue weighted by atomic mass is 19.4. The summed E-state index contributed by atoms with van der Waals surface area (Å²) in [5.41, 5.74) is 6.68. The van der Waals surface area contributed by atoms with Crippen LogP contribution < -0.4 is 10.6 Å². The van der Waals surface area contributed by atoms with E-state index in [9.17, 15) is 18.0 Å². The van der Waals surface area contributed by atoms with Crippen LogP contribution in [0, 0.1) is 11.8 Å². The number of hydrogen-bond acceptors (Lipinski definition) is 4. The summed E-state index contributed by atoms with van der Waals surface area (Å²) in [6, 6.07) is 3.41. The zero-order valence-corrected chi connectivity index (χ0v) is 13.3. The Labute approximate surface area is 138 Å². The van der Waals surface area contributed by atoms with Crippen LogP contribution in [0.2, 0.25) is 0 Å². The van der Waals surface area contributed by atoms with Gasteiger partial charge in [0.2, 0.25) is 0 Å². The average Bonchev–Trinajstić information content (AvgIpc) is 3.37. The molecule has 2 N–H and O–H groups in total. The molecule has 24 heavy (non-hydrogen) atoms. The maximum Gasteiger partial charge on any atom is 0.416 e. The van der Waals surface area contributed by atoms with Crippen LogP contribution in [0.1, 0.15) is 36.4 Å². The van der Waals surface area contributed by atoms with Gasteiger partial charge in [0.1, 0.15) is 0 Å². The Morgan fingerprint density at radius 1 is 1.33 bits per heavy atom. The third kappa shape index (κ3) is 3.66. The lowest BCUT2D eigenvalue weighted by Gasteiger charge is -2.37. The summed E-state index contributed by atoms with van der Waals surface area (Å²) in [5.74, 6) is 0.734. The molecule has 2 atom stereocenters. The lowest BCUT2D eigenvalue weighted by molar-refractivity contribution is -0.137. The van der Waals surface area contributed by atoms with Crippen LogP contribution in [0.3, 0.4) is 0 Å². The minimum atomic E-state index is -4.37. The number of fused-ring (bicyclic) bond motifs is 1. The highest BCUT2D eigenvalue weighted by molar-refractivity contribution is 5.58. The van der Waals surface area contributed by atoms with Crippen molar-refractivity contribution < 1.29 is 22.7 Å². The summed E-state index contributed by atoms with van der Waals surface area (Å²) in [6.07, 6.45) is -1.54. The molecule has 0 amide bonds. The van der Waals surface area contributed by atoms with Gasteiger partial charge in [-0.15, -0.1) is 0 Å². The second-order valence-electron chi connectivity index (χ2n) is 6.64. The Morgan fingerprint density at radius 2 is 2.08 bits per heavy atom. The maximum atomic E-state index is 12.9. The Bertz CT molecular complexity index is 602. The van der Waals surface area contributed by atoms with Gasteiger partial charge in [-0.25, -0.2) is 0 Å². The monoisotopic (exact) mass is 342 g/mol. The number of ether oxygens (including phenoxy) is 1. The van der Waals surface area contributed by atoms with Gasteiger partial charge in [-0.2, -0.15) is 13.2 Å². The maximum absolute atomic E-state index is 12.9. The molecule has 1 aliphatic carbocycles. The Hall–Kier alpha value is -1.76. The van der Waals surface area contributed by atoms with E-state index in [4.69, 9.17) is 10.5 Å². The van der Waals surface area contributed by atoms with Crippen LogP contribution >= 0.6 is 0 Å². The molecule has 0 bridgehead atoms. The molecule has 132 valence electrons. The molecule has 0 radical (unpaired) electrons. The van der Waals surface area contributed by atoms with Crippen molar-refractivity contribution in [3.63, 3.8) is 0 Å². The highest BCUT2D eigenvalue weighted by Gasteiger charge is 2.36. The summed E-state index contributed by atoms with van der Waals surface area (Å²) in [4.78, 5) is 12.5. The first-order chi connectivity index (χ1) is 11.4. The van der Waals surface area contributed by atoms with Crippen molar-refractivity contribution in [3.8, 4) is 0 Å². The van der Waals surface area contributed by atoms with Crippen molar-refractivity contribution in [1.29, 1.82) is 0 Å². The number of nitrogens with zero attached hydrogens (tertiary/aromatic N) is 1. The normalized spacial score (nSPS) is 22.0. The predicted octanol–water partition coefficient (Wildman–Crippen LogP) is 3.11. The number of anilines is 1. The largest absolute Gasteiger partial charge is 0.468 e. The summed E-state index contributed by atoms with van der Waals surface area (Å²) >= 11 is 0. The summed E-state index contributed by atoms with van der Waals surface area (Å²) in [6.45, 7) is 2.17. The van der Waals surface area contributed by atoms with Gasteiger partial charge in [-0.3, -0.25) is 4.79 Å². The molecule has 2 unspecified atom stereocenters. The van der Waals surface area contributed by atoms with Crippen molar-refractivity contribution in [2.45, 2.75) is 31.5 Å². The van der Waals surface area contributed by atoms with Crippen LogP contribution in [-0.4, -0.2) is 26.2 Å². The zero-order valence-electron chi connectivity index (χ0n) is 13.3. The van der Waals surface area contributed by atoms with Gasteiger partial charge in [-0.1, -0.05) is 0 Å². The molecular formula is C17H21F3N2O2. The average molecular weight is 342 g/mol. The number of carbonyl (C=O) groups excluding carboxylic acids is 1. The summed E-state index contributed by atoms with van der Waals surface area (Å²) in [7, 11) is 0. The molecule has 1 aliphatic heterocycles. The van der Waals surface area contributed by atoms with Gasteiger partial charge in [0.25, 0.3) is 6.47 Å². The Balaban J connectivity index is 1.81. The lowest BCUT2D eigenvalue weighted by atomic mass is 9.93. The standard InChI is InChI=1S/C17H21F3N2O2/c18-17(19,20)13-3-4-16-14(7-13)15(21)5-6-22(16)8-12(9-24-10-23)11-1-2-11/h3-4,7,10-12,15H,1-2,5-6,8-9,21H2. The van der Waals surface area contributed by atoms with Gasteiger partial charge in [0, 0.05) is 30.7 Å². The molecule has 7 heteroatoms. The van der Waals surface area contributed by atoms with Crippen molar-refractivity contribution in [1.82, 2.24) is 0 Å². The third-order valence-electron chi connectivity index (χ3n) is 4.93. The third-order valence-corrected chi connectivity index (χ3v) is 4.93. The number of nitrogens with two attached hydrogens (primary N) is 1. The number of carbonyl (C=O) groups is 1. The van der Waals surface area contributed by atoms with Crippen molar-refractivity contribution in [2.75, 3.05) is 24.6 Å². The van der Waals surface area contributed by atoms with E-state index in [1.165, 1.54) is 12.1 Å². The van der Waals surface area contributed by atoms with Gasteiger partial charge in [-0.05, 0) is 48.9 Å². The van der Waals surface area contributed by atoms with E-state index in [0.29, 0.717) is 44.1 Å². The minimum absolute atomic E-state index is 0.208. The minimum Gasteiger partial charge on any atom is -0.468 e. The fraction of sp³-hybridized carbons (Fsp3) is 0.588. The first-order valence-corrected chi connectivity index (χ1v) is 8.17. The van der Waals surface area contributed by atoms with Crippen LogP contribution in [0.25, 0.3) is 0 Å². The molecule has 1 heterocycles. The smallest absolute Gasteiger partial charge is 0.416 e. The van der Waals surface area contributed by atoms with Crippen molar-refractivity contribution >= 4 is 12.2 Å². The number of rotatable bonds is 6. The molecular weight excluding hydrogens is 321 g/mol.